The predicted molar refractivity (Wildman–Crippen MR) is 128 cm³/mol. The van der Waals surface area contributed by atoms with Gasteiger partial charge < -0.3 is 19.5 Å². The number of hydrogen-bond donors (Lipinski definition) is 1. The fourth-order valence-electron chi connectivity index (χ4n) is 3.33. The van der Waals surface area contributed by atoms with Crippen LogP contribution in [0.4, 0.5) is 5.69 Å². The van der Waals surface area contributed by atoms with E-state index < -0.39 is 22.5 Å². The Bertz CT molecular complexity index is 1250. The Morgan fingerprint density at radius 3 is 2.44 bits per heavy atom. The summed E-state index contributed by atoms with van der Waals surface area (Å²) >= 11 is 6.06. The fourth-order valence-corrected chi connectivity index (χ4v) is 5.13. The van der Waals surface area contributed by atoms with E-state index in [4.69, 9.17) is 25.8 Å². The van der Waals surface area contributed by atoms with E-state index in [2.05, 4.69) is 5.32 Å². The highest BCUT2D eigenvalue weighted by Crippen LogP contribution is 2.31. The lowest BCUT2D eigenvalue weighted by atomic mass is 10.3. The van der Waals surface area contributed by atoms with Gasteiger partial charge in [-0.05, 0) is 42.5 Å². The molecule has 1 aliphatic rings. The van der Waals surface area contributed by atoms with E-state index in [0.717, 1.165) is 0 Å². The molecule has 0 bridgehead atoms. The average molecular weight is 503 g/mol. The third-order valence-corrected chi connectivity index (χ3v) is 7.14. The van der Waals surface area contributed by atoms with E-state index in [1.165, 1.54) is 22.5 Å². The standard InChI is InChI=1S/C24H23ClN2O6S/c25-18-10-11-22(23(16-18)34(29,30)27-12-14-31-15-13-27)32-17-24(28)26-20-8-4-5-9-21(20)33-19-6-2-1-3-7-19/h1-11,16H,12-15,17H2,(H,26,28). The minimum Gasteiger partial charge on any atom is -0.482 e. The van der Waals surface area contributed by atoms with Gasteiger partial charge in [0.05, 0.1) is 18.9 Å². The van der Waals surface area contributed by atoms with Gasteiger partial charge in [-0.25, -0.2) is 8.42 Å². The molecule has 1 fully saturated rings. The van der Waals surface area contributed by atoms with Crippen LogP contribution >= 0.6 is 11.6 Å². The number of para-hydroxylation sites is 3. The zero-order valence-electron chi connectivity index (χ0n) is 18.1. The second-order valence-corrected chi connectivity index (χ2v) is 9.70. The monoisotopic (exact) mass is 502 g/mol. The molecule has 1 aliphatic heterocycles. The summed E-state index contributed by atoms with van der Waals surface area (Å²) in [5.41, 5.74) is 0.456. The molecule has 1 N–H and O–H groups in total. The molecule has 0 aliphatic carbocycles. The van der Waals surface area contributed by atoms with Crippen LogP contribution in [0.1, 0.15) is 0 Å². The number of carbonyl (C=O) groups is 1. The van der Waals surface area contributed by atoms with Crippen molar-refractivity contribution >= 4 is 33.2 Å². The molecule has 8 nitrogen and oxygen atoms in total. The highest BCUT2D eigenvalue weighted by atomic mass is 35.5. The van der Waals surface area contributed by atoms with Crippen molar-refractivity contribution in [1.29, 1.82) is 0 Å². The molecule has 0 radical (unpaired) electrons. The van der Waals surface area contributed by atoms with Crippen molar-refractivity contribution in [3.8, 4) is 17.2 Å². The largest absolute Gasteiger partial charge is 0.482 e. The molecule has 3 aromatic rings. The molecule has 0 saturated carbocycles. The number of anilines is 1. The summed E-state index contributed by atoms with van der Waals surface area (Å²) in [5, 5.41) is 2.99. The smallest absolute Gasteiger partial charge is 0.262 e. The molecule has 178 valence electrons. The minimum atomic E-state index is -3.87. The lowest BCUT2D eigenvalue weighted by molar-refractivity contribution is -0.118. The van der Waals surface area contributed by atoms with Crippen molar-refractivity contribution in [2.45, 2.75) is 4.90 Å². The van der Waals surface area contributed by atoms with Gasteiger partial charge in [-0.3, -0.25) is 4.79 Å². The number of ether oxygens (including phenoxy) is 3. The minimum absolute atomic E-state index is 0.0415. The predicted octanol–water partition coefficient (Wildman–Crippen LogP) is 4.17. The Hall–Kier alpha value is -3.11. The van der Waals surface area contributed by atoms with Crippen molar-refractivity contribution < 1.29 is 27.4 Å². The van der Waals surface area contributed by atoms with Crippen molar-refractivity contribution in [3.05, 3.63) is 77.8 Å². The zero-order valence-corrected chi connectivity index (χ0v) is 19.7. The SMILES string of the molecule is O=C(COc1ccc(Cl)cc1S(=O)(=O)N1CCOCC1)Nc1ccccc1Oc1ccccc1. The lowest BCUT2D eigenvalue weighted by Gasteiger charge is -2.26. The molecular formula is C24H23ClN2O6S. The van der Waals surface area contributed by atoms with Gasteiger partial charge in [0.1, 0.15) is 16.4 Å². The van der Waals surface area contributed by atoms with Gasteiger partial charge in [0.15, 0.2) is 12.4 Å². The zero-order chi connectivity index (χ0) is 24.0. The average Bonchev–Trinajstić information content (AvgIpc) is 2.85. The number of halogens is 1. The Kier molecular flexibility index (Phi) is 7.69. The molecule has 1 heterocycles. The summed E-state index contributed by atoms with van der Waals surface area (Å²) in [4.78, 5) is 12.5. The van der Waals surface area contributed by atoms with Crippen LogP contribution < -0.4 is 14.8 Å². The summed E-state index contributed by atoms with van der Waals surface area (Å²) in [7, 11) is -3.87. The highest BCUT2D eigenvalue weighted by Gasteiger charge is 2.30. The number of hydrogen-bond acceptors (Lipinski definition) is 6. The van der Waals surface area contributed by atoms with Crippen molar-refractivity contribution in [2.24, 2.45) is 0 Å². The number of sulfonamides is 1. The Balaban J connectivity index is 1.46. The maximum absolute atomic E-state index is 13.1. The first-order valence-electron chi connectivity index (χ1n) is 10.6. The second-order valence-electron chi connectivity index (χ2n) is 7.36. The molecule has 0 aromatic heterocycles. The maximum atomic E-state index is 13.1. The van der Waals surface area contributed by atoms with Gasteiger partial charge in [0, 0.05) is 18.1 Å². The normalized spacial score (nSPS) is 14.4. The van der Waals surface area contributed by atoms with E-state index in [1.807, 2.05) is 18.2 Å². The summed E-state index contributed by atoms with van der Waals surface area (Å²) in [6.45, 7) is 0.665. The maximum Gasteiger partial charge on any atom is 0.262 e. The van der Waals surface area contributed by atoms with Gasteiger partial charge in [-0.15, -0.1) is 0 Å². The van der Waals surface area contributed by atoms with Crippen LogP contribution in [0.3, 0.4) is 0 Å². The van der Waals surface area contributed by atoms with Crippen LogP contribution in [0.25, 0.3) is 0 Å². The first kappa shape index (κ1) is 24.0. The van der Waals surface area contributed by atoms with Gasteiger partial charge in [0.2, 0.25) is 10.0 Å². The van der Waals surface area contributed by atoms with E-state index in [1.54, 1.807) is 36.4 Å². The van der Waals surface area contributed by atoms with E-state index in [0.29, 0.717) is 30.4 Å². The van der Waals surface area contributed by atoms with E-state index >= 15 is 0 Å². The van der Waals surface area contributed by atoms with Gasteiger partial charge in [0.25, 0.3) is 5.91 Å². The van der Waals surface area contributed by atoms with Crippen LogP contribution in [0.5, 0.6) is 17.2 Å². The highest BCUT2D eigenvalue weighted by molar-refractivity contribution is 7.89. The Morgan fingerprint density at radius 1 is 0.971 bits per heavy atom. The summed E-state index contributed by atoms with van der Waals surface area (Å²) in [5.74, 6) is 0.650. The Labute approximate surface area is 203 Å². The number of rotatable bonds is 8. The van der Waals surface area contributed by atoms with Crippen molar-refractivity contribution in [3.63, 3.8) is 0 Å². The summed E-state index contributed by atoms with van der Waals surface area (Å²) in [6.07, 6.45) is 0. The van der Waals surface area contributed by atoms with E-state index in [-0.39, 0.29) is 28.8 Å². The third-order valence-electron chi connectivity index (χ3n) is 4.98. The number of benzene rings is 3. The number of amides is 1. The first-order chi connectivity index (χ1) is 16.4. The molecule has 0 spiro atoms. The fraction of sp³-hybridized carbons (Fsp3) is 0.208. The summed E-state index contributed by atoms with van der Waals surface area (Å²) < 4.78 is 44.3. The molecule has 34 heavy (non-hydrogen) atoms. The molecule has 10 heteroatoms. The van der Waals surface area contributed by atoms with Crippen LogP contribution in [-0.2, 0) is 19.6 Å². The summed E-state index contributed by atoms with van der Waals surface area (Å²) in [6, 6.07) is 20.4. The molecule has 4 rings (SSSR count). The molecule has 0 unspecified atom stereocenters. The molecule has 1 amide bonds. The molecule has 0 atom stereocenters. The Morgan fingerprint density at radius 2 is 1.68 bits per heavy atom. The van der Waals surface area contributed by atoms with Gasteiger partial charge >= 0.3 is 0 Å². The van der Waals surface area contributed by atoms with E-state index in [9.17, 15) is 13.2 Å². The van der Waals surface area contributed by atoms with Crippen LogP contribution in [-0.4, -0.2) is 51.5 Å². The molecule has 3 aromatic carbocycles. The second kappa shape index (κ2) is 10.9. The topological polar surface area (TPSA) is 94.2 Å². The third kappa shape index (κ3) is 5.87. The van der Waals surface area contributed by atoms with Gasteiger partial charge in [-0.2, -0.15) is 4.31 Å². The first-order valence-corrected chi connectivity index (χ1v) is 12.4. The van der Waals surface area contributed by atoms with Crippen LogP contribution in [0.15, 0.2) is 77.7 Å². The lowest BCUT2D eigenvalue weighted by Crippen LogP contribution is -2.40. The molecular weight excluding hydrogens is 480 g/mol. The van der Waals surface area contributed by atoms with Crippen LogP contribution in [0.2, 0.25) is 5.02 Å². The van der Waals surface area contributed by atoms with Gasteiger partial charge in [-0.1, -0.05) is 41.9 Å². The van der Waals surface area contributed by atoms with Crippen LogP contribution in [0, 0.1) is 0 Å². The van der Waals surface area contributed by atoms with Crippen molar-refractivity contribution in [2.75, 3.05) is 38.2 Å². The molecule has 1 saturated heterocycles. The number of nitrogens with one attached hydrogen (secondary N) is 1. The number of morpholine rings is 1. The quantitative estimate of drug-likeness (QED) is 0.497. The number of carbonyl (C=O) groups excluding carboxylic acids is 1. The number of nitrogens with zero attached hydrogens (tertiary/aromatic N) is 1. The van der Waals surface area contributed by atoms with Crippen molar-refractivity contribution in [1.82, 2.24) is 4.31 Å².